The number of halogens is 2. The maximum absolute atomic E-state index is 13.2. The summed E-state index contributed by atoms with van der Waals surface area (Å²) in [5.74, 6) is -0.254. The van der Waals surface area contributed by atoms with Gasteiger partial charge in [0.05, 0.1) is 11.9 Å². The minimum Gasteiger partial charge on any atom is -0.336 e. The van der Waals surface area contributed by atoms with Crippen molar-refractivity contribution in [1.29, 1.82) is 0 Å². The standard InChI is InChI=1S/C26H26FN5O.ClH/c27-21-9-7-18(8-10-21)19-11-13-32-24(17-29-25(32)15-19)20-4-3-6-22(14-20)31-26(33)30-16-23-5-1-2-12-28-23;/h3-4,6-11,13-15,17,23,28H,1-2,5,12,16H2,(H2,30,31,33);1H. The number of piperidine rings is 1. The second-order valence-corrected chi connectivity index (χ2v) is 8.36. The minimum absolute atomic E-state index is 0. The Labute approximate surface area is 204 Å². The molecule has 2 aromatic heterocycles. The molecule has 5 rings (SSSR count). The second-order valence-electron chi connectivity index (χ2n) is 8.36. The number of imidazole rings is 1. The number of benzene rings is 2. The van der Waals surface area contributed by atoms with Crippen LogP contribution in [0.4, 0.5) is 14.9 Å². The fourth-order valence-electron chi connectivity index (χ4n) is 4.26. The molecule has 0 spiro atoms. The van der Waals surface area contributed by atoms with Crippen molar-refractivity contribution in [2.75, 3.05) is 18.4 Å². The molecule has 3 heterocycles. The van der Waals surface area contributed by atoms with Crippen molar-refractivity contribution in [3.63, 3.8) is 0 Å². The Balaban J connectivity index is 0.00000274. The quantitative estimate of drug-likeness (QED) is 0.354. The van der Waals surface area contributed by atoms with Crippen molar-refractivity contribution in [3.8, 4) is 22.4 Å². The van der Waals surface area contributed by atoms with E-state index in [-0.39, 0.29) is 24.3 Å². The van der Waals surface area contributed by atoms with Crippen LogP contribution in [-0.4, -0.2) is 34.5 Å². The first-order valence-electron chi connectivity index (χ1n) is 11.3. The van der Waals surface area contributed by atoms with Crippen LogP contribution in [0.25, 0.3) is 28.0 Å². The Hall–Kier alpha value is -3.42. The third-order valence-electron chi connectivity index (χ3n) is 6.03. The van der Waals surface area contributed by atoms with Crippen LogP contribution >= 0.6 is 12.4 Å². The molecule has 0 bridgehead atoms. The van der Waals surface area contributed by atoms with Gasteiger partial charge in [0.15, 0.2) is 0 Å². The van der Waals surface area contributed by atoms with E-state index in [1.54, 1.807) is 12.1 Å². The lowest BCUT2D eigenvalue weighted by atomic mass is 10.1. The summed E-state index contributed by atoms with van der Waals surface area (Å²) >= 11 is 0. The van der Waals surface area contributed by atoms with Gasteiger partial charge < -0.3 is 16.0 Å². The molecular weight excluding hydrogens is 453 g/mol. The van der Waals surface area contributed by atoms with E-state index < -0.39 is 0 Å². The van der Waals surface area contributed by atoms with Gasteiger partial charge in [0.25, 0.3) is 0 Å². The molecule has 0 aliphatic carbocycles. The highest BCUT2D eigenvalue weighted by atomic mass is 35.5. The summed E-state index contributed by atoms with van der Waals surface area (Å²) < 4.78 is 15.2. The number of amides is 2. The monoisotopic (exact) mass is 479 g/mol. The molecule has 4 aromatic rings. The molecule has 1 atom stereocenters. The number of carbonyl (C=O) groups excluding carboxylic acids is 1. The number of carbonyl (C=O) groups is 1. The molecule has 1 fully saturated rings. The van der Waals surface area contributed by atoms with E-state index >= 15 is 0 Å². The number of nitrogens with one attached hydrogen (secondary N) is 3. The third kappa shape index (κ3) is 5.38. The maximum Gasteiger partial charge on any atom is 0.319 e. The van der Waals surface area contributed by atoms with E-state index in [9.17, 15) is 9.18 Å². The Morgan fingerprint density at radius 1 is 1.06 bits per heavy atom. The number of hydrogen-bond donors (Lipinski definition) is 3. The lowest BCUT2D eigenvalue weighted by Gasteiger charge is -2.23. The molecule has 2 amide bonds. The van der Waals surface area contributed by atoms with E-state index in [1.807, 2.05) is 53.2 Å². The van der Waals surface area contributed by atoms with Gasteiger partial charge in [0.2, 0.25) is 0 Å². The zero-order chi connectivity index (χ0) is 22.6. The van der Waals surface area contributed by atoms with Crippen LogP contribution in [0.1, 0.15) is 19.3 Å². The summed E-state index contributed by atoms with van der Waals surface area (Å²) in [5, 5.41) is 9.32. The van der Waals surface area contributed by atoms with Gasteiger partial charge in [-0.05, 0) is 66.9 Å². The van der Waals surface area contributed by atoms with E-state index in [4.69, 9.17) is 0 Å². The molecule has 34 heavy (non-hydrogen) atoms. The van der Waals surface area contributed by atoms with Gasteiger partial charge >= 0.3 is 6.03 Å². The van der Waals surface area contributed by atoms with Gasteiger partial charge in [0, 0.05) is 30.0 Å². The summed E-state index contributed by atoms with van der Waals surface area (Å²) in [6.45, 7) is 1.63. The van der Waals surface area contributed by atoms with Gasteiger partial charge in [0.1, 0.15) is 11.5 Å². The molecule has 0 radical (unpaired) electrons. The van der Waals surface area contributed by atoms with Gasteiger partial charge in [-0.15, -0.1) is 12.4 Å². The first kappa shape index (κ1) is 23.7. The first-order chi connectivity index (χ1) is 16.2. The molecular formula is C26H27ClFN5O. The smallest absolute Gasteiger partial charge is 0.319 e. The summed E-state index contributed by atoms with van der Waals surface area (Å²) in [7, 11) is 0. The fourth-order valence-corrected chi connectivity index (χ4v) is 4.26. The maximum atomic E-state index is 13.2. The number of pyridine rings is 1. The van der Waals surface area contributed by atoms with Gasteiger partial charge in [-0.3, -0.25) is 4.40 Å². The molecule has 0 saturated carbocycles. The van der Waals surface area contributed by atoms with Gasteiger partial charge in [-0.25, -0.2) is 14.2 Å². The van der Waals surface area contributed by atoms with Crippen LogP contribution < -0.4 is 16.0 Å². The minimum atomic E-state index is -0.254. The summed E-state index contributed by atoms with van der Waals surface area (Å²) in [6, 6.07) is 18.3. The predicted molar refractivity (Wildman–Crippen MR) is 136 cm³/mol. The van der Waals surface area contributed by atoms with Crippen molar-refractivity contribution in [1.82, 2.24) is 20.0 Å². The molecule has 1 unspecified atom stereocenters. The van der Waals surface area contributed by atoms with Gasteiger partial charge in [-0.2, -0.15) is 0 Å². The fraction of sp³-hybridized carbons (Fsp3) is 0.231. The first-order valence-corrected chi connectivity index (χ1v) is 11.3. The van der Waals surface area contributed by atoms with Crippen LogP contribution in [0, 0.1) is 5.82 Å². The van der Waals surface area contributed by atoms with Gasteiger partial charge in [-0.1, -0.05) is 30.7 Å². The number of nitrogens with zero attached hydrogens (tertiary/aromatic N) is 2. The largest absolute Gasteiger partial charge is 0.336 e. The van der Waals surface area contributed by atoms with Crippen LogP contribution in [0.2, 0.25) is 0 Å². The zero-order valence-corrected chi connectivity index (χ0v) is 19.4. The normalized spacial score (nSPS) is 15.5. The SMILES string of the molecule is Cl.O=C(NCC1CCCCN1)Nc1cccc(-c2cnc3cc(-c4ccc(F)cc4)ccn23)c1. The Morgan fingerprint density at radius 2 is 1.91 bits per heavy atom. The molecule has 176 valence electrons. The highest BCUT2D eigenvalue weighted by Crippen LogP contribution is 2.27. The molecule has 1 aliphatic heterocycles. The molecule has 1 saturated heterocycles. The number of hydrogen-bond acceptors (Lipinski definition) is 3. The third-order valence-corrected chi connectivity index (χ3v) is 6.03. The van der Waals surface area contributed by atoms with Crippen molar-refractivity contribution in [2.45, 2.75) is 25.3 Å². The van der Waals surface area contributed by atoms with Crippen LogP contribution in [0.15, 0.2) is 73.1 Å². The Morgan fingerprint density at radius 3 is 2.71 bits per heavy atom. The summed E-state index contributed by atoms with van der Waals surface area (Å²) in [6.07, 6.45) is 7.27. The molecule has 2 aromatic carbocycles. The molecule has 1 aliphatic rings. The zero-order valence-electron chi connectivity index (χ0n) is 18.6. The van der Waals surface area contributed by atoms with Crippen molar-refractivity contribution in [2.24, 2.45) is 0 Å². The molecule has 8 heteroatoms. The van der Waals surface area contributed by atoms with E-state index in [2.05, 4.69) is 20.9 Å². The molecule has 3 N–H and O–H groups in total. The summed E-state index contributed by atoms with van der Waals surface area (Å²) in [4.78, 5) is 16.9. The predicted octanol–water partition coefficient (Wildman–Crippen LogP) is 5.49. The van der Waals surface area contributed by atoms with Crippen molar-refractivity contribution in [3.05, 3.63) is 78.9 Å². The number of urea groups is 1. The van der Waals surface area contributed by atoms with Crippen molar-refractivity contribution < 1.29 is 9.18 Å². The Kier molecular flexibility index (Phi) is 7.45. The highest BCUT2D eigenvalue weighted by Gasteiger charge is 2.14. The topological polar surface area (TPSA) is 70.5 Å². The second kappa shape index (κ2) is 10.7. The van der Waals surface area contributed by atoms with E-state index in [0.717, 1.165) is 46.7 Å². The average molecular weight is 480 g/mol. The number of fused-ring (bicyclic) bond motifs is 1. The number of rotatable bonds is 5. The molecule has 6 nitrogen and oxygen atoms in total. The number of anilines is 1. The van der Waals surface area contributed by atoms with Crippen LogP contribution in [0.3, 0.4) is 0 Å². The summed E-state index contributed by atoms with van der Waals surface area (Å²) in [5.41, 5.74) is 5.29. The average Bonchev–Trinajstić information content (AvgIpc) is 3.27. The van der Waals surface area contributed by atoms with E-state index in [0.29, 0.717) is 12.6 Å². The lowest BCUT2D eigenvalue weighted by Crippen LogP contribution is -2.44. The van der Waals surface area contributed by atoms with Crippen LogP contribution in [0.5, 0.6) is 0 Å². The van der Waals surface area contributed by atoms with E-state index in [1.165, 1.54) is 25.0 Å². The highest BCUT2D eigenvalue weighted by molar-refractivity contribution is 5.90. The Bertz CT molecular complexity index is 1270. The lowest BCUT2D eigenvalue weighted by molar-refractivity contribution is 0.249. The number of aromatic nitrogens is 2. The van der Waals surface area contributed by atoms with Crippen molar-refractivity contribution >= 4 is 29.8 Å². The van der Waals surface area contributed by atoms with Crippen LogP contribution in [-0.2, 0) is 0 Å².